The van der Waals surface area contributed by atoms with E-state index < -0.39 is 0 Å². The number of benzene rings is 1. The van der Waals surface area contributed by atoms with Crippen LogP contribution in [0.1, 0.15) is 31.2 Å². The van der Waals surface area contributed by atoms with Gasteiger partial charge in [-0.25, -0.2) is 0 Å². The molecule has 1 fully saturated rings. The Morgan fingerprint density at radius 3 is 3.06 bits per heavy atom. The van der Waals surface area contributed by atoms with Crippen LogP contribution >= 0.6 is 0 Å². The highest BCUT2D eigenvalue weighted by molar-refractivity contribution is 5.28. The quantitative estimate of drug-likeness (QED) is 0.842. The van der Waals surface area contributed by atoms with Gasteiger partial charge in [0.05, 0.1) is 6.10 Å². The molecule has 0 bridgehead atoms. The molecule has 0 amide bonds. The van der Waals surface area contributed by atoms with E-state index in [0.717, 1.165) is 38.2 Å². The molecule has 2 rings (SSSR count). The maximum atomic E-state index is 5.81. The minimum absolute atomic E-state index is 0.270. The SMILES string of the molecule is NCCCc1cccc(OC[C@H]2CCCCO2)c1. The summed E-state index contributed by atoms with van der Waals surface area (Å²) >= 11 is 0. The van der Waals surface area contributed by atoms with Crippen molar-refractivity contribution in [1.82, 2.24) is 0 Å². The summed E-state index contributed by atoms with van der Waals surface area (Å²) in [5.41, 5.74) is 6.82. The Bertz CT molecular complexity index is 348. The third-order valence-electron chi connectivity index (χ3n) is 3.28. The summed E-state index contributed by atoms with van der Waals surface area (Å²) in [4.78, 5) is 0. The second-order valence-electron chi connectivity index (χ2n) is 4.84. The van der Waals surface area contributed by atoms with Crippen LogP contribution in [-0.4, -0.2) is 25.9 Å². The van der Waals surface area contributed by atoms with Gasteiger partial charge in [0, 0.05) is 6.61 Å². The highest BCUT2D eigenvalue weighted by atomic mass is 16.5. The van der Waals surface area contributed by atoms with Crippen molar-refractivity contribution in [1.29, 1.82) is 0 Å². The smallest absolute Gasteiger partial charge is 0.119 e. The number of ether oxygens (including phenoxy) is 2. The van der Waals surface area contributed by atoms with E-state index in [2.05, 4.69) is 12.1 Å². The molecule has 3 nitrogen and oxygen atoms in total. The van der Waals surface area contributed by atoms with Crippen LogP contribution in [-0.2, 0) is 11.2 Å². The highest BCUT2D eigenvalue weighted by Gasteiger charge is 2.14. The fourth-order valence-corrected chi connectivity index (χ4v) is 2.22. The lowest BCUT2D eigenvalue weighted by molar-refractivity contribution is -0.0110. The minimum Gasteiger partial charge on any atom is -0.491 e. The van der Waals surface area contributed by atoms with Crippen molar-refractivity contribution in [3.05, 3.63) is 29.8 Å². The molecule has 18 heavy (non-hydrogen) atoms. The molecule has 1 saturated heterocycles. The van der Waals surface area contributed by atoms with Crippen molar-refractivity contribution in [3.63, 3.8) is 0 Å². The lowest BCUT2D eigenvalue weighted by atomic mass is 10.1. The van der Waals surface area contributed by atoms with Crippen LogP contribution in [0.4, 0.5) is 0 Å². The maximum absolute atomic E-state index is 5.81. The predicted octanol–water partition coefficient (Wildman–Crippen LogP) is 2.53. The summed E-state index contributed by atoms with van der Waals surface area (Å²) in [6.45, 7) is 2.28. The fraction of sp³-hybridized carbons (Fsp3) is 0.600. The largest absolute Gasteiger partial charge is 0.491 e. The minimum atomic E-state index is 0.270. The average molecular weight is 249 g/mol. The standard InChI is InChI=1S/C15H23NO2/c16-9-4-6-13-5-3-8-14(11-13)18-12-15-7-1-2-10-17-15/h3,5,8,11,15H,1-2,4,6-7,9-10,12,16H2/t15-/m1/s1. The first-order chi connectivity index (χ1) is 8.88. The first-order valence-corrected chi connectivity index (χ1v) is 6.92. The summed E-state index contributed by atoms with van der Waals surface area (Å²) in [5.74, 6) is 0.943. The number of nitrogens with two attached hydrogens (primary N) is 1. The van der Waals surface area contributed by atoms with E-state index in [0.29, 0.717) is 6.61 Å². The van der Waals surface area contributed by atoms with Gasteiger partial charge in [-0.3, -0.25) is 0 Å². The summed E-state index contributed by atoms with van der Waals surface area (Å²) in [6.07, 6.45) is 5.87. The number of hydrogen-bond donors (Lipinski definition) is 1. The molecule has 1 aromatic carbocycles. The molecule has 1 aliphatic rings. The maximum Gasteiger partial charge on any atom is 0.119 e. The molecular weight excluding hydrogens is 226 g/mol. The number of rotatable bonds is 6. The zero-order valence-corrected chi connectivity index (χ0v) is 10.9. The molecule has 1 aromatic rings. The zero-order chi connectivity index (χ0) is 12.6. The normalized spacial score (nSPS) is 19.7. The Kier molecular flexibility index (Phi) is 5.49. The molecule has 3 heteroatoms. The Hall–Kier alpha value is -1.06. The van der Waals surface area contributed by atoms with E-state index in [1.807, 2.05) is 12.1 Å². The molecule has 0 saturated carbocycles. The molecule has 100 valence electrons. The first kappa shape index (κ1) is 13.4. The molecule has 1 atom stereocenters. The summed E-state index contributed by atoms with van der Waals surface area (Å²) in [6, 6.07) is 8.29. The molecule has 0 aliphatic carbocycles. The fourth-order valence-electron chi connectivity index (χ4n) is 2.22. The monoisotopic (exact) mass is 249 g/mol. The van der Waals surface area contributed by atoms with Crippen molar-refractivity contribution in [2.24, 2.45) is 5.73 Å². The summed E-state index contributed by atoms with van der Waals surface area (Å²) in [5, 5.41) is 0. The van der Waals surface area contributed by atoms with Gasteiger partial charge >= 0.3 is 0 Å². The van der Waals surface area contributed by atoms with Crippen molar-refractivity contribution >= 4 is 0 Å². The third-order valence-corrected chi connectivity index (χ3v) is 3.28. The lowest BCUT2D eigenvalue weighted by Crippen LogP contribution is -2.25. The van der Waals surface area contributed by atoms with Crippen LogP contribution in [0.15, 0.2) is 24.3 Å². The Morgan fingerprint density at radius 1 is 1.33 bits per heavy atom. The highest BCUT2D eigenvalue weighted by Crippen LogP contribution is 2.17. The van der Waals surface area contributed by atoms with E-state index in [1.165, 1.54) is 18.4 Å². The second-order valence-corrected chi connectivity index (χ2v) is 4.84. The van der Waals surface area contributed by atoms with Crippen LogP contribution in [0.5, 0.6) is 5.75 Å². The van der Waals surface area contributed by atoms with E-state index in [-0.39, 0.29) is 6.10 Å². The van der Waals surface area contributed by atoms with Crippen LogP contribution in [0.2, 0.25) is 0 Å². The van der Waals surface area contributed by atoms with E-state index >= 15 is 0 Å². The van der Waals surface area contributed by atoms with Crippen LogP contribution in [0, 0.1) is 0 Å². The van der Waals surface area contributed by atoms with Gasteiger partial charge in [0.15, 0.2) is 0 Å². The Balaban J connectivity index is 1.80. The molecule has 0 aromatic heterocycles. The Labute approximate surface area is 109 Å². The van der Waals surface area contributed by atoms with Crippen LogP contribution in [0.25, 0.3) is 0 Å². The van der Waals surface area contributed by atoms with Crippen molar-refractivity contribution < 1.29 is 9.47 Å². The second kappa shape index (κ2) is 7.39. The molecule has 0 unspecified atom stereocenters. The number of hydrogen-bond acceptors (Lipinski definition) is 3. The van der Waals surface area contributed by atoms with Gasteiger partial charge in [-0.15, -0.1) is 0 Å². The predicted molar refractivity (Wildman–Crippen MR) is 72.9 cm³/mol. The zero-order valence-electron chi connectivity index (χ0n) is 10.9. The van der Waals surface area contributed by atoms with E-state index in [4.69, 9.17) is 15.2 Å². The molecule has 1 aliphatic heterocycles. The average Bonchev–Trinajstić information content (AvgIpc) is 2.44. The topological polar surface area (TPSA) is 44.5 Å². The van der Waals surface area contributed by atoms with Gasteiger partial charge < -0.3 is 15.2 Å². The van der Waals surface area contributed by atoms with Crippen molar-refractivity contribution in [2.75, 3.05) is 19.8 Å². The van der Waals surface area contributed by atoms with Crippen molar-refractivity contribution in [3.8, 4) is 5.75 Å². The number of aryl methyl sites for hydroxylation is 1. The summed E-state index contributed by atoms with van der Waals surface area (Å²) < 4.78 is 11.5. The van der Waals surface area contributed by atoms with E-state index in [1.54, 1.807) is 0 Å². The molecule has 1 heterocycles. The molecular formula is C15H23NO2. The Morgan fingerprint density at radius 2 is 2.28 bits per heavy atom. The van der Waals surface area contributed by atoms with Gasteiger partial charge in [-0.05, 0) is 56.3 Å². The van der Waals surface area contributed by atoms with Gasteiger partial charge in [0.1, 0.15) is 12.4 Å². The molecule has 0 spiro atoms. The van der Waals surface area contributed by atoms with Crippen LogP contribution in [0.3, 0.4) is 0 Å². The third kappa shape index (κ3) is 4.31. The van der Waals surface area contributed by atoms with E-state index in [9.17, 15) is 0 Å². The summed E-state index contributed by atoms with van der Waals surface area (Å²) in [7, 11) is 0. The van der Waals surface area contributed by atoms with Gasteiger partial charge in [-0.1, -0.05) is 12.1 Å². The molecule has 0 radical (unpaired) electrons. The van der Waals surface area contributed by atoms with Gasteiger partial charge in [-0.2, -0.15) is 0 Å². The van der Waals surface area contributed by atoms with Gasteiger partial charge in [0.2, 0.25) is 0 Å². The van der Waals surface area contributed by atoms with Crippen molar-refractivity contribution in [2.45, 2.75) is 38.2 Å². The lowest BCUT2D eigenvalue weighted by Gasteiger charge is -2.22. The first-order valence-electron chi connectivity index (χ1n) is 6.92. The van der Waals surface area contributed by atoms with Crippen LogP contribution < -0.4 is 10.5 Å². The molecule has 2 N–H and O–H groups in total. The van der Waals surface area contributed by atoms with Gasteiger partial charge in [0.25, 0.3) is 0 Å².